The molecule has 0 aromatic rings. The number of unbranched alkanes of at least 4 members (excludes halogenated alkanes) is 11. The van der Waals surface area contributed by atoms with E-state index in [0.717, 1.165) is 24.7 Å². The van der Waals surface area contributed by atoms with E-state index in [0.29, 0.717) is 0 Å². The predicted molar refractivity (Wildman–Crippen MR) is 121 cm³/mol. The fourth-order valence-electron chi connectivity index (χ4n) is 3.93. The highest BCUT2D eigenvalue weighted by Gasteiger charge is 2.11. The summed E-state index contributed by atoms with van der Waals surface area (Å²) in [6, 6.07) is 0. The maximum absolute atomic E-state index is 3.95. The average Bonchev–Trinajstić information content (AvgIpc) is 2.65. The first-order valence-electron chi connectivity index (χ1n) is 12.0. The SMILES string of the molecule is [CH2]CCCCCCCC/C=C/CCCC(C)CC(CC)CCCCC[CH2]. The van der Waals surface area contributed by atoms with Gasteiger partial charge in [0, 0.05) is 0 Å². The number of rotatable bonds is 20. The lowest BCUT2D eigenvalue weighted by molar-refractivity contribution is 0.334. The molecule has 0 fully saturated rings. The van der Waals surface area contributed by atoms with Gasteiger partial charge < -0.3 is 0 Å². The van der Waals surface area contributed by atoms with Crippen molar-refractivity contribution < 1.29 is 0 Å². The van der Waals surface area contributed by atoms with E-state index >= 15 is 0 Å². The number of hydrogen-bond acceptors (Lipinski definition) is 0. The first-order valence-corrected chi connectivity index (χ1v) is 12.0. The van der Waals surface area contributed by atoms with Crippen LogP contribution in [0, 0.1) is 25.7 Å². The van der Waals surface area contributed by atoms with E-state index in [1.807, 2.05) is 0 Å². The van der Waals surface area contributed by atoms with E-state index in [1.165, 1.54) is 103 Å². The van der Waals surface area contributed by atoms with Gasteiger partial charge in [-0.25, -0.2) is 0 Å². The van der Waals surface area contributed by atoms with E-state index < -0.39 is 0 Å². The van der Waals surface area contributed by atoms with Gasteiger partial charge >= 0.3 is 0 Å². The molecule has 0 aliphatic carbocycles. The van der Waals surface area contributed by atoms with Crippen molar-refractivity contribution in [3.05, 3.63) is 26.0 Å². The fourth-order valence-corrected chi connectivity index (χ4v) is 3.93. The summed E-state index contributed by atoms with van der Waals surface area (Å²) in [5, 5.41) is 0. The van der Waals surface area contributed by atoms with Crippen LogP contribution < -0.4 is 0 Å². The molecule has 26 heavy (non-hydrogen) atoms. The van der Waals surface area contributed by atoms with Crippen LogP contribution in [0.4, 0.5) is 0 Å². The van der Waals surface area contributed by atoms with Crippen LogP contribution >= 0.6 is 0 Å². The lowest BCUT2D eigenvalue weighted by atomic mass is 9.87. The van der Waals surface area contributed by atoms with Crippen molar-refractivity contribution in [1.82, 2.24) is 0 Å². The average molecular weight is 363 g/mol. The van der Waals surface area contributed by atoms with Gasteiger partial charge in [0.25, 0.3) is 0 Å². The second-order valence-corrected chi connectivity index (χ2v) is 8.48. The summed E-state index contributed by atoms with van der Waals surface area (Å²) in [7, 11) is 0. The van der Waals surface area contributed by atoms with Gasteiger partial charge in [0.2, 0.25) is 0 Å². The Labute approximate surface area is 167 Å². The van der Waals surface area contributed by atoms with E-state index in [2.05, 4.69) is 39.8 Å². The molecule has 0 N–H and O–H groups in total. The molecule has 0 aromatic heterocycles. The molecule has 0 saturated carbocycles. The maximum atomic E-state index is 3.95. The van der Waals surface area contributed by atoms with E-state index in [1.54, 1.807) is 0 Å². The molecule has 0 spiro atoms. The Bertz CT molecular complexity index is 278. The fraction of sp³-hybridized carbons (Fsp3) is 0.846. The normalized spacial score (nSPS) is 14.2. The zero-order valence-corrected chi connectivity index (χ0v) is 18.5. The highest BCUT2D eigenvalue weighted by atomic mass is 14.2. The Hall–Kier alpha value is -0.260. The van der Waals surface area contributed by atoms with Gasteiger partial charge in [-0.1, -0.05) is 123 Å². The lowest BCUT2D eigenvalue weighted by Gasteiger charge is -2.19. The Kier molecular flexibility index (Phi) is 20.8. The van der Waals surface area contributed by atoms with Gasteiger partial charge in [-0.3, -0.25) is 0 Å². The Morgan fingerprint density at radius 2 is 1.19 bits per heavy atom. The van der Waals surface area contributed by atoms with Gasteiger partial charge in [0.05, 0.1) is 0 Å². The van der Waals surface area contributed by atoms with Crippen LogP contribution in [-0.2, 0) is 0 Å². The van der Waals surface area contributed by atoms with Crippen LogP contribution in [0.25, 0.3) is 0 Å². The summed E-state index contributed by atoms with van der Waals surface area (Å²) in [5.74, 6) is 1.86. The van der Waals surface area contributed by atoms with E-state index in [9.17, 15) is 0 Å². The molecule has 0 rings (SSSR count). The lowest BCUT2D eigenvalue weighted by Crippen LogP contribution is -2.06. The third-order valence-electron chi connectivity index (χ3n) is 5.78. The van der Waals surface area contributed by atoms with E-state index in [4.69, 9.17) is 0 Å². The minimum Gasteiger partial charge on any atom is -0.0885 e. The highest BCUT2D eigenvalue weighted by Crippen LogP contribution is 2.25. The molecule has 2 radical (unpaired) electrons. The predicted octanol–water partition coefficient (Wildman–Crippen LogP) is 9.50. The van der Waals surface area contributed by atoms with Gasteiger partial charge in [-0.05, 0) is 43.9 Å². The van der Waals surface area contributed by atoms with Gasteiger partial charge in [-0.15, -0.1) is 0 Å². The monoisotopic (exact) mass is 362 g/mol. The largest absolute Gasteiger partial charge is 0.0885 e. The van der Waals surface area contributed by atoms with Crippen molar-refractivity contribution >= 4 is 0 Å². The number of allylic oxidation sites excluding steroid dienone is 2. The van der Waals surface area contributed by atoms with Crippen LogP contribution in [0.1, 0.15) is 129 Å². The summed E-state index contributed by atoms with van der Waals surface area (Å²) in [6.07, 6.45) is 29.1. The second kappa shape index (κ2) is 21.0. The summed E-state index contributed by atoms with van der Waals surface area (Å²) in [6.45, 7) is 12.7. The summed E-state index contributed by atoms with van der Waals surface area (Å²) in [5.41, 5.74) is 0. The van der Waals surface area contributed by atoms with Crippen LogP contribution in [0.2, 0.25) is 0 Å². The van der Waals surface area contributed by atoms with Gasteiger partial charge in [-0.2, -0.15) is 0 Å². The Balaban J connectivity index is 3.49. The molecule has 0 aliphatic rings. The van der Waals surface area contributed by atoms with Gasteiger partial charge in [0.15, 0.2) is 0 Å². The Morgan fingerprint density at radius 3 is 1.81 bits per heavy atom. The zero-order chi connectivity index (χ0) is 19.3. The molecule has 0 aliphatic heterocycles. The third-order valence-corrected chi connectivity index (χ3v) is 5.78. The Morgan fingerprint density at radius 1 is 0.654 bits per heavy atom. The maximum Gasteiger partial charge on any atom is -0.0351 e. The molecule has 0 heterocycles. The highest BCUT2D eigenvalue weighted by molar-refractivity contribution is 4.81. The van der Waals surface area contributed by atoms with Crippen LogP contribution in [-0.4, -0.2) is 0 Å². The van der Waals surface area contributed by atoms with Crippen molar-refractivity contribution in [3.8, 4) is 0 Å². The molecule has 2 atom stereocenters. The summed E-state index contributed by atoms with van der Waals surface area (Å²) >= 11 is 0. The van der Waals surface area contributed by atoms with Crippen molar-refractivity contribution in [2.75, 3.05) is 0 Å². The van der Waals surface area contributed by atoms with Gasteiger partial charge in [0.1, 0.15) is 0 Å². The topological polar surface area (TPSA) is 0 Å². The van der Waals surface area contributed by atoms with Crippen molar-refractivity contribution in [3.63, 3.8) is 0 Å². The smallest absolute Gasteiger partial charge is 0.0351 e. The van der Waals surface area contributed by atoms with Crippen LogP contribution in [0.5, 0.6) is 0 Å². The minimum atomic E-state index is 0.902. The standard InChI is InChI=1S/C26H50/c1-5-8-10-12-13-14-15-16-17-18-19-20-22-25(4)24-26(7-3)23-21-11-9-6-2/h17-18,25-26H,1-2,5-16,19-24H2,3-4H3/b18-17+. The third kappa shape index (κ3) is 18.5. The quantitative estimate of drug-likeness (QED) is 0.149. The molecular formula is C26H50. The molecule has 0 bridgehead atoms. The zero-order valence-electron chi connectivity index (χ0n) is 18.5. The molecular weight excluding hydrogens is 312 g/mol. The molecule has 0 saturated heterocycles. The minimum absolute atomic E-state index is 0.902. The van der Waals surface area contributed by atoms with Crippen LogP contribution in [0.15, 0.2) is 12.2 Å². The molecule has 0 nitrogen and oxygen atoms in total. The summed E-state index contributed by atoms with van der Waals surface area (Å²) < 4.78 is 0. The second-order valence-electron chi connectivity index (χ2n) is 8.48. The number of hydrogen-bond donors (Lipinski definition) is 0. The molecule has 154 valence electrons. The first kappa shape index (κ1) is 25.7. The molecule has 0 aromatic carbocycles. The van der Waals surface area contributed by atoms with Crippen molar-refractivity contribution in [2.45, 2.75) is 129 Å². The summed E-state index contributed by atoms with van der Waals surface area (Å²) in [4.78, 5) is 0. The van der Waals surface area contributed by atoms with E-state index in [-0.39, 0.29) is 0 Å². The van der Waals surface area contributed by atoms with Crippen molar-refractivity contribution in [1.29, 1.82) is 0 Å². The molecule has 2 unspecified atom stereocenters. The first-order chi connectivity index (χ1) is 12.7. The molecule has 0 heteroatoms. The van der Waals surface area contributed by atoms with Crippen molar-refractivity contribution in [2.24, 2.45) is 11.8 Å². The molecule has 0 amide bonds. The van der Waals surface area contributed by atoms with Crippen LogP contribution in [0.3, 0.4) is 0 Å².